The Labute approximate surface area is 162 Å². The van der Waals surface area contributed by atoms with E-state index in [1.807, 2.05) is 0 Å². The Balaban J connectivity index is 2.34. The molecule has 27 heavy (non-hydrogen) atoms. The fourth-order valence-corrected chi connectivity index (χ4v) is 4.72. The van der Waals surface area contributed by atoms with Gasteiger partial charge in [0, 0.05) is 19.8 Å². The maximum absolute atomic E-state index is 12.6. The Kier molecular flexibility index (Phi) is 5.94. The molecule has 148 valence electrons. The summed E-state index contributed by atoms with van der Waals surface area (Å²) in [6.07, 6.45) is 0.990. The van der Waals surface area contributed by atoms with Crippen molar-refractivity contribution in [3.8, 4) is 0 Å². The molecule has 1 amide bonds. The molecule has 2 rings (SSSR count). The van der Waals surface area contributed by atoms with Gasteiger partial charge >= 0.3 is 0 Å². The summed E-state index contributed by atoms with van der Waals surface area (Å²) >= 11 is 0.894. The van der Waals surface area contributed by atoms with Gasteiger partial charge in [0.1, 0.15) is 4.88 Å². The average molecular weight is 433 g/mol. The van der Waals surface area contributed by atoms with E-state index in [4.69, 9.17) is 0 Å². The normalized spacial score (nSPS) is 12.2. The van der Waals surface area contributed by atoms with E-state index in [0.717, 1.165) is 21.9 Å². The zero-order valence-electron chi connectivity index (χ0n) is 15.4. The highest BCUT2D eigenvalue weighted by atomic mass is 32.2. The Morgan fingerprint density at radius 2 is 1.78 bits per heavy atom. The van der Waals surface area contributed by atoms with Crippen LogP contribution in [0, 0.1) is 13.8 Å². The number of carbonyl (C=O) groups excluding carboxylic acids is 1. The largest absolute Gasteiger partial charge is 0.321 e. The zero-order valence-corrected chi connectivity index (χ0v) is 17.8. The molecule has 1 aromatic heterocycles. The molecule has 0 aliphatic rings. The van der Waals surface area contributed by atoms with Gasteiger partial charge in [0.15, 0.2) is 5.13 Å². The second kappa shape index (κ2) is 7.54. The standard InChI is InChI=1S/C15H20N4O5S3/c1-9-6-7-11(27(23,24)19(3)4)8-12(9)17-14(20)13-10(2)16-15(25-13)18-26(5,21)22/h6-8H,1-5H3,(H,16,18)(H,17,20). The first-order chi connectivity index (χ1) is 12.3. The van der Waals surface area contributed by atoms with Gasteiger partial charge in [0.25, 0.3) is 5.91 Å². The van der Waals surface area contributed by atoms with E-state index in [1.165, 1.54) is 26.2 Å². The van der Waals surface area contributed by atoms with E-state index >= 15 is 0 Å². The molecular weight excluding hydrogens is 412 g/mol. The highest BCUT2D eigenvalue weighted by Crippen LogP contribution is 2.26. The number of hydrogen-bond acceptors (Lipinski definition) is 7. The van der Waals surface area contributed by atoms with E-state index in [9.17, 15) is 21.6 Å². The van der Waals surface area contributed by atoms with Crippen molar-refractivity contribution in [3.05, 3.63) is 34.3 Å². The molecule has 12 heteroatoms. The number of carbonyl (C=O) groups is 1. The number of nitrogens with zero attached hydrogens (tertiary/aromatic N) is 2. The van der Waals surface area contributed by atoms with Crippen LogP contribution >= 0.6 is 11.3 Å². The number of hydrogen-bond donors (Lipinski definition) is 2. The smallest absolute Gasteiger partial charge is 0.267 e. The molecule has 1 heterocycles. The molecule has 1 aromatic carbocycles. The van der Waals surface area contributed by atoms with Crippen molar-refractivity contribution < 1.29 is 21.6 Å². The SMILES string of the molecule is Cc1ccc(S(=O)(=O)N(C)C)cc1NC(=O)c1sc(NS(C)(=O)=O)nc1C. The predicted octanol–water partition coefficient (Wildman–Crippen LogP) is 1.63. The van der Waals surface area contributed by atoms with Gasteiger partial charge in [-0.1, -0.05) is 17.4 Å². The van der Waals surface area contributed by atoms with Crippen LogP contribution in [-0.4, -0.2) is 52.4 Å². The van der Waals surface area contributed by atoms with Gasteiger partial charge in [-0.2, -0.15) is 0 Å². The first-order valence-electron chi connectivity index (χ1n) is 7.61. The predicted molar refractivity (Wildman–Crippen MR) is 105 cm³/mol. The summed E-state index contributed by atoms with van der Waals surface area (Å²) in [6.45, 7) is 3.32. The van der Waals surface area contributed by atoms with Gasteiger partial charge < -0.3 is 5.32 Å². The first-order valence-corrected chi connectivity index (χ1v) is 11.8. The van der Waals surface area contributed by atoms with Crippen molar-refractivity contribution in [2.45, 2.75) is 18.7 Å². The third kappa shape index (κ3) is 5.03. The number of anilines is 2. The number of nitrogens with one attached hydrogen (secondary N) is 2. The number of rotatable bonds is 6. The summed E-state index contributed by atoms with van der Waals surface area (Å²) in [7, 11) is -4.31. The summed E-state index contributed by atoms with van der Waals surface area (Å²) in [5.74, 6) is -0.506. The second-order valence-electron chi connectivity index (χ2n) is 6.03. The third-order valence-corrected chi connectivity index (χ3v) is 7.09. The van der Waals surface area contributed by atoms with Crippen LogP contribution in [0.4, 0.5) is 10.8 Å². The third-order valence-electron chi connectivity index (χ3n) is 3.51. The topological polar surface area (TPSA) is 126 Å². The number of amides is 1. The van der Waals surface area contributed by atoms with Gasteiger partial charge in [-0.05, 0) is 31.5 Å². The molecule has 0 radical (unpaired) electrons. The number of aromatic nitrogens is 1. The van der Waals surface area contributed by atoms with Crippen molar-refractivity contribution in [1.82, 2.24) is 9.29 Å². The average Bonchev–Trinajstić information content (AvgIpc) is 2.87. The molecule has 0 spiro atoms. The summed E-state index contributed by atoms with van der Waals surface area (Å²) < 4.78 is 50.5. The van der Waals surface area contributed by atoms with Crippen LogP contribution in [0.2, 0.25) is 0 Å². The summed E-state index contributed by atoms with van der Waals surface area (Å²) in [4.78, 5) is 16.9. The van der Waals surface area contributed by atoms with Gasteiger partial charge in [-0.15, -0.1) is 0 Å². The Bertz CT molecular complexity index is 1090. The van der Waals surface area contributed by atoms with Gasteiger partial charge in [-0.3, -0.25) is 9.52 Å². The van der Waals surface area contributed by atoms with Crippen LogP contribution in [0.1, 0.15) is 20.9 Å². The molecule has 0 aliphatic heterocycles. The molecule has 0 fully saturated rings. The van der Waals surface area contributed by atoms with Crippen LogP contribution in [-0.2, 0) is 20.0 Å². The fourth-order valence-electron chi connectivity index (χ4n) is 2.10. The molecule has 0 atom stereocenters. The highest BCUT2D eigenvalue weighted by molar-refractivity contribution is 7.92. The molecular formula is C15H20N4O5S3. The maximum atomic E-state index is 12.6. The van der Waals surface area contributed by atoms with Crippen LogP contribution in [0.25, 0.3) is 0 Å². The Morgan fingerprint density at radius 3 is 2.33 bits per heavy atom. The zero-order chi connectivity index (χ0) is 20.6. The highest BCUT2D eigenvalue weighted by Gasteiger charge is 2.21. The molecule has 0 unspecified atom stereocenters. The van der Waals surface area contributed by atoms with Crippen LogP contribution in [0.3, 0.4) is 0 Å². The van der Waals surface area contributed by atoms with Crippen molar-refractivity contribution in [2.75, 3.05) is 30.4 Å². The quantitative estimate of drug-likeness (QED) is 0.715. The Morgan fingerprint density at radius 1 is 1.15 bits per heavy atom. The van der Waals surface area contributed by atoms with Crippen molar-refractivity contribution in [1.29, 1.82) is 0 Å². The van der Waals surface area contributed by atoms with E-state index < -0.39 is 26.0 Å². The first kappa shape index (κ1) is 21.3. The van der Waals surface area contributed by atoms with Crippen molar-refractivity contribution >= 4 is 48.1 Å². The van der Waals surface area contributed by atoms with Crippen molar-refractivity contribution in [2.24, 2.45) is 0 Å². The van der Waals surface area contributed by atoms with Crippen LogP contribution in [0.15, 0.2) is 23.1 Å². The minimum absolute atomic E-state index is 0.0499. The molecule has 0 bridgehead atoms. The molecule has 9 nitrogen and oxygen atoms in total. The molecule has 2 N–H and O–H groups in total. The van der Waals surface area contributed by atoms with Gasteiger partial charge in [0.05, 0.1) is 16.8 Å². The van der Waals surface area contributed by atoms with E-state index in [2.05, 4.69) is 15.0 Å². The minimum Gasteiger partial charge on any atom is -0.321 e. The van der Waals surface area contributed by atoms with Crippen LogP contribution in [0.5, 0.6) is 0 Å². The summed E-state index contributed by atoms with van der Waals surface area (Å²) in [5, 5.41) is 2.75. The number of thiazole rings is 1. The van der Waals surface area contributed by atoms with E-state index in [1.54, 1.807) is 19.9 Å². The van der Waals surface area contributed by atoms with Gasteiger partial charge in [0.2, 0.25) is 20.0 Å². The maximum Gasteiger partial charge on any atom is 0.267 e. The minimum atomic E-state index is -3.65. The molecule has 0 saturated heterocycles. The second-order valence-corrected chi connectivity index (χ2v) is 10.9. The number of sulfonamides is 2. The van der Waals surface area contributed by atoms with Crippen molar-refractivity contribution in [3.63, 3.8) is 0 Å². The monoisotopic (exact) mass is 432 g/mol. The lowest BCUT2D eigenvalue weighted by atomic mass is 10.2. The molecule has 2 aromatic rings. The lowest BCUT2D eigenvalue weighted by molar-refractivity contribution is 0.102. The van der Waals surface area contributed by atoms with E-state index in [-0.39, 0.29) is 14.9 Å². The summed E-state index contributed by atoms with van der Waals surface area (Å²) in [5.41, 5.74) is 1.38. The fraction of sp³-hybridized carbons (Fsp3) is 0.333. The summed E-state index contributed by atoms with van der Waals surface area (Å²) in [6, 6.07) is 4.45. The molecule has 0 aliphatic carbocycles. The van der Waals surface area contributed by atoms with Crippen LogP contribution < -0.4 is 10.0 Å². The lowest BCUT2D eigenvalue weighted by Gasteiger charge is -2.14. The number of aryl methyl sites for hydroxylation is 2. The molecule has 0 saturated carbocycles. The number of benzene rings is 1. The Hall–Kier alpha value is -2.02. The van der Waals surface area contributed by atoms with E-state index in [0.29, 0.717) is 16.9 Å². The van der Waals surface area contributed by atoms with Gasteiger partial charge in [-0.25, -0.2) is 26.1 Å². The lowest BCUT2D eigenvalue weighted by Crippen LogP contribution is -2.22.